The van der Waals surface area contributed by atoms with Crippen molar-refractivity contribution in [2.75, 3.05) is 42.5 Å². The number of hydrogen-bond acceptors (Lipinski definition) is 11. The fraction of sp³-hybridized carbons (Fsp3) is 0.579. The summed E-state index contributed by atoms with van der Waals surface area (Å²) in [7, 11) is 0. The van der Waals surface area contributed by atoms with Gasteiger partial charge in [-0.05, 0) is 12.5 Å². The number of aliphatic hydroxyl groups is 2. The molecule has 1 aromatic heterocycles. The first-order valence-electron chi connectivity index (χ1n) is 9.51. The maximum Gasteiger partial charge on any atom is 0.412 e. The molecule has 3 N–H and O–H groups in total. The Hall–Kier alpha value is -2.24. The van der Waals surface area contributed by atoms with Gasteiger partial charge in [-0.1, -0.05) is 5.92 Å². The number of carbonyl (C=O) groups is 2. The summed E-state index contributed by atoms with van der Waals surface area (Å²) in [5.74, 6) is 2.70. The van der Waals surface area contributed by atoms with Crippen LogP contribution in [0, 0.1) is 12.3 Å². The molecule has 1 amide bonds. The van der Waals surface area contributed by atoms with Crippen LogP contribution in [0.3, 0.4) is 0 Å². The van der Waals surface area contributed by atoms with Crippen LogP contribution in [-0.4, -0.2) is 87.4 Å². The molecule has 13 heteroatoms. The van der Waals surface area contributed by atoms with E-state index in [1.54, 1.807) is 0 Å². The van der Waals surface area contributed by atoms with Gasteiger partial charge < -0.3 is 24.4 Å². The number of aliphatic hydroxyl groups excluding tert-OH is 2. The number of nitrogens with one attached hydrogen (secondary N) is 1. The molecule has 32 heavy (non-hydrogen) atoms. The SMILES string of the molecule is C#Cc1cn([C@@H]2O[C@H](CC(=O)OCCSC)[C@@H](O)[C@H]2O)c(=O)nc1NC(=O)OCCSC. The van der Waals surface area contributed by atoms with Crippen LogP contribution < -0.4 is 11.0 Å². The molecule has 0 aromatic carbocycles. The molecule has 0 unspecified atom stereocenters. The van der Waals surface area contributed by atoms with Crippen molar-refractivity contribution in [3.63, 3.8) is 0 Å². The van der Waals surface area contributed by atoms with E-state index in [2.05, 4.69) is 16.2 Å². The summed E-state index contributed by atoms with van der Waals surface area (Å²) >= 11 is 3.00. The van der Waals surface area contributed by atoms with Gasteiger partial charge in [-0.2, -0.15) is 28.5 Å². The van der Waals surface area contributed by atoms with Crippen molar-refractivity contribution in [1.29, 1.82) is 0 Å². The summed E-state index contributed by atoms with van der Waals surface area (Å²) in [4.78, 5) is 40.0. The lowest BCUT2D eigenvalue weighted by Crippen LogP contribution is -2.36. The summed E-state index contributed by atoms with van der Waals surface area (Å²) in [6.07, 6.45) is 3.79. The third kappa shape index (κ3) is 6.88. The van der Waals surface area contributed by atoms with Gasteiger partial charge in [0, 0.05) is 17.7 Å². The van der Waals surface area contributed by atoms with E-state index in [9.17, 15) is 24.6 Å². The highest BCUT2D eigenvalue weighted by molar-refractivity contribution is 7.98. The lowest BCUT2D eigenvalue weighted by Gasteiger charge is -2.18. The van der Waals surface area contributed by atoms with E-state index in [1.807, 2.05) is 12.5 Å². The summed E-state index contributed by atoms with van der Waals surface area (Å²) < 4.78 is 16.4. The number of carbonyl (C=O) groups excluding carboxylic acids is 2. The average Bonchev–Trinajstić information content (AvgIpc) is 3.02. The van der Waals surface area contributed by atoms with Crippen molar-refractivity contribution in [1.82, 2.24) is 9.55 Å². The zero-order valence-electron chi connectivity index (χ0n) is 17.6. The molecule has 1 fully saturated rings. The molecule has 1 aliphatic rings. The number of aromatic nitrogens is 2. The molecule has 4 atom stereocenters. The van der Waals surface area contributed by atoms with Crippen LogP contribution in [0.5, 0.6) is 0 Å². The zero-order chi connectivity index (χ0) is 23.7. The zero-order valence-corrected chi connectivity index (χ0v) is 19.2. The highest BCUT2D eigenvalue weighted by Gasteiger charge is 2.45. The normalized spacial score (nSPS) is 22.2. The molecule has 2 rings (SSSR count). The number of thioether (sulfide) groups is 2. The second-order valence-corrected chi connectivity index (χ2v) is 8.53. The number of hydrogen-bond donors (Lipinski definition) is 3. The maximum atomic E-state index is 12.5. The van der Waals surface area contributed by atoms with Gasteiger partial charge in [-0.3, -0.25) is 14.7 Å². The summed E-state index contributed by atoms with van der Waals surface area (Å²) in [6, 6.07) is 0. The molecular formula is C19H25N3O8S2. The van der Waals surface area contributed by atoms with Gasteiger partial charge in [0.1, 0.15) is 25.4 Å². The van der Waals surface area contributed by atoms with Crippen molar-refractivity contribution in [3.05, 3.63) is 22.2 Å². The third-order valence-electron chi connectivity index (χ3n) is 4.38. The van der Waals surface area contributed by atoms with Crippen LogP contribution in [0.1, 0.15) is 18.2 Å². The highest BCUT2D eigenvalue weighted by Crippen LogP contribution is 2.30. The predicted molar refractivity (Wildman–Crippen MR) is 120 cm³/mol. The van der Waals surface area contributed by atoms with Crippen LogP contribution in [0.4, 0.5) is 10.6 Å². The third-order valence-corrected chi connectivity index (χ3v) is 5.53. The Labute approximate surface area is 193 Å². The monoisotopic (exact) mass is 487 g/mol. The molecule has 176 valence electrons. The Morgan fingerprint density at radius 1 is 1.25 bits per heavy atom. The fourth-order valence-corrected chi connectivity index (χ4v) is 3.29. The fourth-order valence-electron chi connectivity index (χ4n) is 2.79. The molecule has 1 aliphatic heterocycles. The number of rotatable bonds is 10. The van der Waals surface area contributed by atoms with E-state index in [4.69, 9.17) is 20.6 Å². The van der Waals surface area contributed by atoms with Crippen molar-refractivity contribution < 1.29 is 34.0 Å². The molecule has 0 radical (unpaired) electrons. The molecule has 2 heterocycles. The summed E-state index contributed by atoms with van der Waals surface area (Å²) in [5, 5.41) is 22.9. The quantitative estimate of drug-likeness (QED) is 0.233. The molecule has 0 spiro atoms. The van der Waals surface area contributed by atoms with Gasteiger partial charge >= 0.3 is 17.8 Å². The number of anilines is 1. The topological polar surface area (TPSA) is 149 Å². The van der Waals surface area contributed by atoms with E-state index in [0.717, 1.165) is 10.8 Å². The number of nitrogens with zero attached hydrogens (tertiary/aromatic N) is 2. The van der Waals surface area contributed by atoms with Gasteiger partial charge in [-0.25, -0.2) is 9.59 Å². The van der Waals surface area contributed by atoms with Crippen molar-refractivity contribution >= 4 is 41.4 Å². The molecule has 0 saturated carbocycles. The van der Waals surface area contributed by atoms with E-state index in [1.165, 1.54) is 23.5 Å². The van der Waals surface area contributed by atoms with Crippen LogP contribution in [0.15, 0.2) is 11.0 Å². The first-order valence-corrected chi connectivity index (χ1v) is 12.3. The van der Waals surface area contributed by atoms with Gasteiger partial charge in [0.05, 0.1) is 18.1 Å². The summed E-state index contributed by atoms with van der Waals surface area (Å²) in [6.45, 7) is 0.369. The number of terminal acetylenes is 1. The number of esters is 1. The van der Waals surface area contributed by atoms with E-state index >= 15 is 0 Å². The van der Waals surface area contributed by atoms with Crippen LogP contribution >= 0.6 is 23.5 Å². The Morgan fingerprint density at radius 2 is 1.91 bits per heavy atom. The predicted octanol–water partition coefficient (Wildman–Crippen LogP) is 0.0516. The smallest absolute Gasteiger partial charge is 0.412 e. The Bertz CT molecular complexity index is 904. The van der Waals surface area contributed by atoms with Crippen LogP contribution in [-0.2, 0) is 19.0 Å². The number of amides is 1. The first-order chi connectivity index (χ1) is 15.3. The van der Waals surface area contributed by atoms with Gasteiger partial charge in [-0.15, -0.1) is 6.42 Å². The number of ether oxygens (including phenoxy) is 3. The van der Waals surface area contributed by atoms with E-state index in [-0.39, 0.29) is 31.0 Å². The lowest BCUT2D eigenvalue weighted by atomic mass is 10.1. The average molecular weight is 488 g/mol. The molecule has 11 nitrogen and oxygen atoms in total. The Kier molecular flexibility index (Phi) is 10.3. The standard InChI is InChI=1S/C19H25N3O8S2/c1-4-11-10-22(18(26)20-16(11)21-19(27)29-6-8-32-3)17-15(25)14(24)12(30-17)9-13(23)28-5-7-31-2/h1,10,12,14-15,17,24-25H,5-9H2,2-3H3,(H,20,21,26,27)/t12-,14-,15-,17-/m1/s1. The van der Waals surface area contributed by atoms with Gasteiger partial charge in [0.25, 0.3) is 0 Å². The molecule has 1 saturated heterocycles. The van der Waals surface area contributed by atoms with E-state index in [0.29, 0.717) is 11.5 Å². The van der Waals surface area contributed by atoms with E-state index < -0.39 is 42.3 Å². The molecule has 0 aliphatic carbocycles. The Morgan fingerprint density at radius 3 is 2.53 bits per heavy atom. The van der Waals surface area contributed by atoms with Crippen molar-refractivity contribution in [2.45, 2.75) is 31.0 Å². The minimum Gasteiger partial charge on any atom is -0.465 e. The Balaban J connectivity index is 2.13. The van der Waals surface area contributed by atoms with Gasteiger partial charge in [0.2, 0.25) is 0 Å². The molecule has 0 bridgehead atoms. The first kappa shape index (κ1) is 26.0. The lowest BCUT2D eigenvalue weighted by molar-refractivity contribution is -0.147. The minimum atomic E-state index is -1.53. The summed E-state index contributed by atoms with van der Waals surface area (Å²) in [5.41, 5.74) is -0.875. The second-order valence-electron chi connectivity index (χ2n) is 6.55. The van der Waals surface area contributed by atoms with Crippen molar-refractivity contribution in [2.24, 2.45) is 0 Å². The van der Waals surface area contributed by atoms with Crippen LogP contribution in [0.2, 0.25) is 0 Å². The maximum absolute atomic E-state index is 12.5. The highest BCUT2D eigenvalue weighted by atomic mass is 32.2. The molecule has 1 aromatic rings. The minimum absolute atomic E-state index is 0.0247. The van der Waals surface area contributed by atoms with Crippen LogP contribution in [0.25, 0.3) is 0 Å². The largest absolute Gasteiger partial charge is 0.465 e. The van der Waals surface area contributed by atoms with Gasteiger partial charge in [0.15, 0.2) is 12.0 Å². The van der Waals surface area contributed by atoms with Crippen molar-refractivity contribution in [3.8, 4) is 12.3 Å². The molecular weight excluding hydrogens is 462 g/mol. The second kappa shape index (κ2) is 12.7.